The van der Waals surface area contributed by atoms with E-state index < -0.39 is 14.4 Å². The Labute approximate surface area is 100 Å². The van der Waals surface area contributed by atoms with E-state index in [0.717, 1.165) is 10.0 Å². The van der Waals surface area contributed by atoms with Crippen molar-refractivity contribution in [2.45, 2.75) is 25.7 Å². The number of halogens is 1. The number of nitriles is 1. The normalized spacial score (nSPS) is 13.3. The lowest BCUT2D eigenvalue weighted by Gasteiger charge is -2.21. The van der Waals surface area contributed by atoms with Crippen LogP contribution in [-0.4, -0.2) is 8.32 Å². The monoisotopic (exact) mass is 283 g/mol. The summed E-state index contributed by atoms with van der Waals surface area (Å²) in [6, 6.07) is 9.87. The zero-order valence-corrected chi connectivity index (χ0v) is 11.7. The van der Waals surface area contributed by atoms with Crippen LogP contribution in [0.1, 0.15) is 11.7 Å². The predicted octanol–water partition coefficient (Wildman–Crippen LogP) is 3.87. The van der Waals surface area contributed by atoms with Gasteiger partial charge in [0.25, 0.3) is 0 Å². The molecule has 1 atom stereocenters. The van der Waals surface area contributed by atoms with Gasteiger partial charge in [0.15, 0.2) is 14.4 Å². The summed E-state index contributed by atoms with van der Waals surface area (Å²) in [4.78, 5) is 0. The highest BCUT2D eigenvalue weighted by Gasteiger charge is 2.21. The quantitative estimate of drug-likeness (QED) is 0.789. The lowest BCUT2D eigenvalue weighted by atomic mass is 10.1. The molecule has 2 nitrogen and oxygen atoms in total. The molecule has 15 heavy (non-hydrogen) atoms. The van der Waals surface area contributed by atoms with Gasteiger partial charge >= 0.3 is 0 Å². The van der Waals surface area contributed by atoms with E-state index in [2.05, 4.69) is 41.6 Å². The largest absolute Gasteiger partial charge is 0.399 e. The third-order valence-corrected chi connectivity index (χ3v) is 3.23. The fourth-order valence-electron chi connectivity index (χ4n) is 1.16. The van der Waals surface area contributed by atoms with Crippen LogP contribution in [0.15, 0.2) is 28.7 Å². The number of hydrogen-bond donors (Lipinski definition) is 0. The number of benzene rings is 1. The van der Waals surface area contributed by atoms with Crippen LogP contribution in [-0.2, 0) is 4.43 Å². The van der Waals surface area contributed by atoms with E-state index in [9.17, 15) is 0 Å². The van der Waals surface area contributed by atoms with Crippen molar-refractivity contribution in [2.24, 2.45) is 0 Å². The minimum Gasteiger partial charge on any atom is -0.399 e. The van der Waals surface area contributed by atoms with Gasteiger partial charge in [-0.15, -0.1) is 0 Å². The molecule has 0 aliphatic heterocycles. The summed E-state index contributed by atoms with van der Waals surface area (Å²) in [5.41, 5.74) is 0.920. The van der Waals surface area contributed by atoms with E-state index in [0.29, 0.717) is 0 Å². The highest BCUT2D eigenvalue weighted by atomic mass is 79.9. The molecule has 0 fully saturated rings. The third kappa shape index (κ3) is 4.16. The van der Waals surface area contributed by atoms with Crippen LogP contribution in [0, 0.1) is 11.3 Å². The van der Waals surface area contributed by atoms with Gasteiger partial charge in [-0.05, 0) is 37.3 Å². The second kappa shape index (κ2) is 4.93. The minimum absolute atomic E-state index is 0.440. The molecular formula is C11H14BrNOSi. The molecule has 4 heteroatoms. The Balaban J connectivity index is 2.85. The van der Waals surface area contributed by atoms with E-state index in [-0.39, 0.29) is 0 Å². The molecular weight excluding hydrogens is 270 g/mol. The maximum Gasteiger partial charge on any atom is 0.186 e. The fraction of sp³-hybridized carbons (Fsp3) is 0.364. The van der Waals surface area contributed by atoms with E-state index in [1.54, 1.807) is 0 Å². The van der Waals surface area contributed by atoms with Crippen molar-refractivity contribution < 1.29 is 4.43 Å². The van der Waals surface area contributed by atoms with Crippen LogP contribution < -0.4 is 0 Å². The van der Waals surface area contributed by atoms with Gasteiger partial charge in [-0.2, -0.15) is 5.26 Å². The lowest BCUT2D eigenvalue weighted by Crippen LogP contribution is -2.27. The smallest absolute Gasteiger partial charge is 0.186 e. The highest BCUT2D eigenvalue weighted by molar-refractivity contribution is 9.10. The van der Waals surface area contributed by atoms with E-state index in [1.165, 1.54) is 0 Å². The number of hydrogen-bond acceptors (Lipinski definition) is 2. The third-order valence-electron chi connectivity index (χ3n) is 1.76. The number of rotatable bonds is 3. The Bertz CT molecular complexity index is 364. The van der Waals surface area contributed by atoms with Gasteiger partial charge in [0.05, 0.1) is 6.07 Å². The maximum absolute atomic E-state index is 9.05. The SMILES string of the molecule is C[Si](C)(C)OC(C#N)c1ccc(Br)cc1. The van der Waals surface area contributed by atoms with Gasteiger partial charge in [0.2, 0.25) is 0 Å². The molecule has 0 amide bonds. The van der Waals surface area contributed by atoms with Gasteiger partial charge < -0.3 is 4.43 Å². The molecule has 1 aromatic carbocycles. The molecule has 0 saturated carbocycles. The molecule has 0 spiro atoms. The Morgan fingerprint density at radius 3 is 2.20 bits per heavy atom. The molecule has 0 heterocycles. The molecule has 0 saturated heterocycles. The Morgan fingerprint density at radius 2 is 1.80 bits per heavy atom. The van der Waals surface area contributed by atoms with Crippen molar-refractivity contribution in [2.75, 3.05) is 0 Å². The average Bonchev–Trinajstić information content (AvgIpc) is 2.14. The summed E-state index contributed by atoms with van der Waals surface area (Å²) >= 11 is 3.36. The Morgan fingerprint density at radius 1 is 1.27 bits per heavy atom. The van der Waals surface area contributed by atoms with E-state index in [1.807, 2.05) is 24.3 Å². The second-order valence-corrected chi connectivity index (χ2v) is 9.67. The van der Waals surface area contributed by atoms with E-state index >= 15 is 0 Å². The summed E-state index contributed by atoms with van der Waals surface area (Å²) in [6.45, 7) is 6.24. The molecule has 0 radical (unpaired) electrons. The molecule has 80 valence electrons. The maximum atomic E-state index is 9.05. The molecule has 0 aliphatic rings. The van der Waals surface area contributed by atoms with Gasteiger partial charge in [-0.1, -0.05) is 28.1 Å². The molecule has 1 unspecified atom stereocenters. The van der Waals surface area contributed by atoms with Crippen LogP contribution >= 0.6 is 15.9 Å². The van der Waals surface area contributed by atoms with E-state index in [4.69, 9.17) is 9.69 Å². The summed E-state index contributed by atoms with van der Waals surface area (Å²) in [5, 5.41) is 9.05. The van der Waals surface area contributed by atoms with Crippen molar-refractivity contribution in [1.29, 1.82) is 5.26 Å². The molecule has 1 rings (SSSR count). The first-order valence-corrected chi connectivity index (χ1v) is 8.95. The molecule has 1 aromatic rings. The van der Waals surface area contributed by atoms with Gasteiger partial charge in [0.1, 0.15) is 0 Å². The van der Waals surface area contributed by atoms with Gasteiger partial charge in [0, 0.05) is 4.47 Å². The molecule has 0 N–H and O–H groups in total. The van der Waals surface area contributed by atoms with Crippen molar-refractivity contribution >= 4 is 24.2 Å². The molecule has 0 aliphatic carbocycles. The fourth-order valence-corrected chi connectivity index (χ4v) is 2.32. The van der Waals surface area contributed by atoms with Crippen LogP contribution in [0.25, 0.3) is 0 Å². The molecule has 0 bridgehead atoms. The van der Waals surface area contributed by atoms with Crippen molar-refractivity contribution in [3.05, 3.63) is 34.3 Å². The zero-order valence-electron chi connectivity index (χ0n) is 9.12. The lowest BCUT2D eigenvalue weighted by molar-refractivity contribution is 0.255. The summed E-state index contributed by atoms with van der Waals surface area (Å²) in [7, 11) is -1.67. The Hall–Kier alpha value is -0.633. The van der Waals surface area contributed by atoms with Crippen LogP contribution in [0.3, 0.4) is 0 Å². The topological polar surface area (TPSA) is 33.0 Å². The van der Waals surface area contributed by atoms with Gasteiger partial charge in [-0.3, -0.25) is 0 Å². The van der Waals surface area contributed by atoms with Crippen molar-refractivity contribution in [3.8, 4) is 6.07 Å². The molecule has 0 aromatic heterocycles. The first-order chi connectivity index (χ1) is 6.92. The predicted molar refractivity (Wildman–Crippen MR) is 66.9 cm³/mol. The minimum atomic E-state index is -1.67. The summed E-state index contributed by atoms with van der Waals surface area (Å²) in [6.07, 6.45) is -0.440. The summed E-state index contributed by atoms with van der Waals surface area (Å²) < 4.78 is 6.79. The van der Waals surface area contributed by atoms with Gasteiger partial charge in [-0.25, -0.2) is 0 Å². The van der Waals surface area contributed by atoms with Crippen molar-refractivity contribution in [1.82, 2.24) is 0 Å². The number of nitrogens with zero attached hydrogens (tertiary/aromatic N) is 1. The first kappa shape index (κ1) is 12.4. The standard InChI is InChI=1S/C11H14BrNOSi/c1-15(2,3)14-11(8-13)9-4-6-10(12)7-5-9/h4-7,11H,1-3H3. The highest BCUT2D eigenvalue weighted by Crippen LogP contribution is 2.23. The average molecular weight is 284 g/mol. The summed E-state index contributed by atoms with van der Waals surface area (Å²) in [5.74, 6) is 0. The van der Waals surface area contributed by atoms with Crippen LogP contribution in [0.5, 0.6) is 0 Å². The second-order valence-electron chi connectivity index (χ2n) is 4.29. The Kier molecular flexibility index (Phi) is 4.09. The van der Waals surface area contributed by atoms with Crippen molar-refractivity contribution in [3.63, 3.8) is 0 Å². The van der Waals surface area contributed by atoms with Crippen LogP contribution in [0.4, 0.5) is 0 Å². The van der Waals surface area contributed by atoms with Crippen LogP contribution in [0.2, 0.25) is 19.6 Å². The zero-order chi connectivity index (χ0) is 11.5. The first-order valence-electron chi connectivity index (χ1n) is 4.75.